The molecular weight excluding hydrogens is 262 g/mol. The molecule has 104 valence electrons. The zero-order chi connectivity index (χ0) is 14.5. The lowest BCUT2D eigenvalue weighted by Crippen LogP contribution is -2.38. The summed E-state index contributed by atoms with van der Waals surface area (Å²) in [5.41, 5.74) is 0.996. The van der Waals surface area contributed by atoms with E-state index in [4.69, 9.17) is 0 Å². The van der Waals surface area contributed by atoms with Crippen LogP contribution in [0.4, 0.5) is 0 Å². The Balaban J connectivity index is 3.15. The van der Waals surface area contributed by atoms with Gasteiger partial charge < -0.3 is 4.79 Å². The number of nitrogens with zero attached hydrogens (tertiary/aromatic N) is 1. The van der Waals surface area contributed by atoms with Crippen LogP contribution >= 0.6 is 0 Å². The van der Waals surface area contributed by atoms with Gasteiger partial charge in [-0.25, -0.2) is 8.42 Å². The van der Waals surface area contributed by atoms with Gasteiger partial charge in [0.2, 0.25) is 10.0 Å². The molecule has 1 aromatic carbocycles. The molecule has 1 aromatic rings. The zero-order valence-corrected chi connectivity index (χ0v) is 12.1. The number of hydrogen-bond acceptors (Lipinski definition) is 3. The van der Waals surface area contributed by atoms with Gasteiger partial charge in [0.25, 0.3) is 0 Å². The van der Waals surface area contributed by atoms with Gasteiger partial charge >= 0.3 is 0 Å². The Kier molecular flexibility index (Phi) is 5.44. The van der Waals surface area contributed by atoms with E-state index in [0.29, 0.717) is 0 Å². The molecule has 19 heavy (non-hydrogen) atoms. The lowest BCUT2D eigenvalue weighted by atomic mass is 10.2. The van der Waals surface area contributed by atoms with Crippen molar-refractivity contribution in [3.8, 4) is 0 Å². The lowest BCUT2D eigenvalue weighted by Gasteiger charge is -2.26. The van der Waals surface area contributed by atoms with Crippen molar-refractivity contribution in [2.75, 3.05) is 6.54 Å². The second-order valence-electron chi connectivity index (χ2n) is 4.43. The first kappa shape index (κ1) is 15.6. The molecule has 0 saturated carbocycles. The predicted octanol–water partition coefficient (Wildman–Crippen LogP) is 2.15. The lowest BCUT2D eigenvalue weighted by molar-refractivity contribution is -0.108. The minimum absolute atomic E-state index is 0.166. The van der Waals surface area contributed by atoms with Gasteiger partial charge in [0.05, 0.1) is 4.90 Å². The molecule has 0 fully saturated rings. The predicted molar refractivity (Wildman–Crippen MR) is 75.4 cm³/mol. The minimum atomic E-state index is -3.60. The molecule has 0 saturated heterocycles. The third-order valence-electron chi connectivity index (χ3n) is 2.87. The Morgan fingerprint density at radius 2 is 1.89 bits per heavy atom. The molecule has 1 unspecified atom stereocenters. The highest BCUT2D eigenvalue weighted by atomic mass is 32.2. The van der Waals surface area contributed by atoms with Gasteiger partial charge in [0.15, 0.2) is 0 Å². The molecule has 0 aromatic heterocycles. The van der Waals surface area contributed by atoms with Crippen molar-refractivity contribution < 1.29 is 13.2 Å². The molecule has 0 N–H and O–H groups in total. The number of benzene rings is 1. The number of sulfonamides is 1. The van der Waals surface area contributed by atoms with E-state index in [9.17, 15) is 13.2 Å². The summed E-state index contributed by atoms with van der Waals surface area (Å²) in [5, 5.41) is 0. The minimum Gasteiger partial charge on any atom is -0.303 e. The summed E-state index contributed by atoms with van der Waals surface area (Å²) in [6.45, 7) is 7.36. The van der Waals surface area contributed by atoms with Crippen molar-refractivity contribution in [2.24, 2.45) is 0 Å². The van der Waals surface area contributed by atoms with Crippen molar-refractivity contribution in [2.45, 2.75) is 31.2 Å². The van der Waals surface area contributed by atoms with Crippen LogP contribution in [-0.2, 0) is 14.8 Å². The average molecular weight is 281 g/mol. The van der Waals surface area contributed by atoms with Gasteiger partial charge in [-0.2, -0.15) is 4.31 Å². The van der Waals surface area contributed by atoms with Gasteiger partial charge in [0.1, 0.15) is 6.29 Å². The molecule has 0 aliphatic carbocycles. The van der Waals surface area contributed by atoms with Crippen molar-refractivity contribution >= 4 is 16.3 Å². The van der Waals surface area contributed by atoms with E-state index in [2.05, 4.69) is 6.58 Å². The molecule has 0 spiro atoms. The van der Waals surface area contributed by atoms with Crippen LogP contribution in [0.3, 0.4) is 0 Å². The topological polar surface area (TPSA) is 54.5 Å². The van der Waals surface area contributed by atoms with Gasteiger partial charge in [-0.15, -0.1) is 6.58 Å². The first-order valence-corrected chi connectivity index (χ1v) is 7.50. The fourth-order valence-electron chi connectivity index (χ4n) is 1.74. The second-order valence-corrected chi connectivity index (χ2v) is 6.32. The quantitative estimate of drug-likeness (QED) is 0.568. The molecule has 0 amide bonds. The number of hydrogen-bond donors (Lipinski definition) is 0. The van der Waals surface area contributed by atoms with Crippen LogP contribution in [0.2, 0.25) is 0 Å². The highest BCUT2D eigenvalue weighted by Gasteiger charge is 2.27. The maximum atomic E-state index is 12.5. The number of rotatable bonds is 7. The highest BCUT2D eigenvalue weighted by Crippen LogP contribution is 2.19. The number of carbonyl (C=O) groups excluding carboxylic acids is 1. The number of carbonyl (C=O) groups is 1. The third-order valence-corrected chi connectivity index (χ3v) is 4.86. The van der Waals surface area contributed by atoms with E-state index in [0.717, 1.165) is 11.8 Å². The molecule has 5 heteroatoms. The Morgan fingerprint density at radius 1 is 1.32 bits per heavy atom. The van der Waals surface area contributed by atoms with Crippen LogP contribution in [0, 0.1) is 6.92 Å². The van der Waals surface area contributed by atoms with Crippen molar-refractivity contribution in [1.82, 2.24) is 4.31 Å². The molecule has 4 nitrogen and oxygen atoms in total. The zero-order valence-electron chi connectivity index (χ0n) is 11.2. The Labute approximate surface area is 114 Å². The summed E-state index contributed by atoms with van der Waals surface area (Å²) < 4.78 is 26.3. The van der Waals surface area contributed by atoms with E-state index in [1.165, 1.54) is 10.4 Å². The van der Waals surface area contributed by atoms with Crippen molar-refractivity contribution in [3.05, 3.63) is 42.5 Å². The fourth-order valence-corrected chi connectivity index (χ4v) is 3.36. The summed E-state index contributed by atoms with van der Waals surface area (Å²) in [6.07, 6.45) is 2.41. The standard InChI is InChI=1S/C14H19NO3S/c1-4-10-15(13(3)9-11-16)19(17,18)14-7-5-12(2)6-8-14/h4-8,11,13H,1,9-10H2,2-3H3. The largest absolute Gasteiger partial charge is 0.303 e. The van der Waals surface area contributed by atoms with E-state index in [1.807, 2.05) is 6.92 Å². The van der Waals surface area contributed by atoms with Crippen molar-refractivity contribution in [1.29, 1.82) is 0 Å². The van der Waals surface area contributed by atoms with Crippen LogP contribution in [0.1, 0.15) is 18.9 Å². The molecule has 1 atom stereocenters. The van der Waals surface area contributed by atoms with E-state index in [-0.39, 0.29) is 23.9 Å². The van der Waals surface area contributed by atoms with Crippen LogP contribution in [0.15, 0.2) is 41.8 Å². The van der Waals surface area contributed by atoms with Gasteiger partial charge in [-0.3, -0.25) is 0 Å². The highest BCUT2D eigenvalue weighted by molar-refractivity contribution is 7.89. The molecular formula is C14H19NO3S. The Morgan fingerprint density at radius 3 is 2.37 bits per heavy atom. The van der Waals surface area contributed by atoms with E-state index < -0.39 is 10.0 Å². The van der Waals surface area contributed by atoms with E-state index >= 15 is 0 Å². The summed E-state index contributed by atoms with van der Waals surface area (Å²) in [5.74, 6) is 0. The van der Waals surface area contributed by atoms with Gasteiger partial charge in [0, 0.05) is 19.0 Å². The SMILES string of the molecule is C=CCN(C(C)CC=O)S(=O)(=O)c1ccc(C)cc1. The fraction of sp³-hybridized carbons (Fsp3) is 0.357. The molecule has 0 radical (unpaired) electrons. The van der Waals surface area contributed by atoms with Gasteiger partial charge in [-0.05, 0) is 26.0 Å². The Bertz CT molecular complexity index is 534. The molecule has 0 heterocycles. The molecule has 0 aliphatic rings. The summed E-state index contributed by atoms with van der Waals surface area (Å²) in [7, 11) is -3.60. The molecule has 1 rings (SSSR count). The third kappa shape index (κ3) is 3.75. The normalized spacial score (nSPS) is 13.2. The van der Waals surface area contributed by atoms with E-state index in [1.54, 1.807) is 31.2 Å². The van der Waals surface area contributed by atoms with Crippen molar-refractivity contribution in [3.63, 3.8) is 0 Å². The average Bonchev–Trinajstić information content (AvgIpc) is 2.36. The van der Waals surface area contributed by atoms with Crippen LogP contribution in [0.5, 0.6) is 0 Å². The second kappa shape index (κ2) is 6.63. The van der Waals surface area contributed by atoms with Crippen LogP contribution in [0.25, 0.3) is 0 Å². The maximum Gasteiger partial charge on any atom is 0.243 e. The van der Waals surface area contributed by atoms with Crippen LogP contribution in [-0.4, -0.2) is 31.6 Å². The van der Waals surface area contributed by atoms with Gasteiger partial charge in [-0.1, -0.05) is 23.8 Å². The van der Waals surface area contributed by atoms with Crippen LogP contribution < -0.4 is 0 Å². The first-order valence-electron chi connectivity index (χ1n) is 6.06. The number of aryl methyl sites for hydroxylation is 1. The summed E-state index contributed by atoms with van der Waals surface area (Å²) in [4.78, 5) is 10.8. The maximum absolute atomic E-state index is 12.5. The Hall–Kier alpha value is -1.46. The number of aldehydes is 1. The first-order chi connectivity index (χ1) is 8.93. The molecule has 0 aliphatic heterocycles. The smallest absolute Gasteiger partial charge is 0.243 e. The molecule has 0 bridgehead atoms. The summed E-state index contributed by atoms with van der Waals surface area (Å²) in [6, 6.07) is 6.27. The monoisotopic (exact) mass is 281 g/mol. The summed E-state index contributed by atoms with van der Waals surface area (Å²) >= 11 is 0.